The van der Waals surface area contributed by atoms with Crippen molar-refractivity contribution in [3.05, 3.63) is 70.3 Å². The quantitative estimate of drug-likeness (QED) is 0.758. The minimum Gasteiger partial charge on any atom is -0.391 e. The Balaban J connectivity index is 1.68. The van der Waals surface area contributed by atoms with Gasteiger partial charge in [-0.1, -0.05) is 12.1 Å². The molecule has 1 aliphatic heterocycles. The Hall–Kier alpha value is -2.99. The second kappa shape index (κ2) is 6.96. The molecule has 0 radical (unpaired) electrons. The Kier molecular flexibility index (Phi) is 4.49. The number of likely N-dealkylation sites (tertiary alicyclic amines) is 1. The molecule has 1 aromatic heterocycles. The van der Waals surface area contributed by atoms with Crippen LogP contribution in [0, 0.1) is 6.92 Å². The lowest BCUT2D eigenvalue weighted by Crippen LogP contribution is -2.42. The summed E-state index contributed by atoms with van der Waals surface area (Å²) in [5.74, 6) is 0.498. The van der Waals surface area contributed by atoms with E-state index in [0.29, 0.717) is 41.1 Å². The average molecular weight is 363 g/mol. The molecule has 2 aromatic carbocycles. The number of aromatic nitrogens is 2. The zero-order chi connectivity index (χ0) is 19.0. The first-order valence-corrected chi connectivity index (χ1v) is 9.11. The minimum atomic E-state index is -0.452. The lowest BCUT2D eigenvalue weighted by Gasteiger charge is -2.30. The summed E-state index contributed by atoms with van der Waals surface area (Å²) in [6.45, 7) is 2.82. The van der Waals surface area contributed by atoms with Crippen molar-refractivity contribution in [2.24, 2.45) is 0 Å². The second-order valence-electron chi connectivity index (χ2n) is 6.91. The van der Waals surface area contributed by atoms with E-state index in [2.05, 4.69) is 4.98 Å². The molecule has 1 amide bonds. The maximum atomic E-state index is 12.9. The third-order valence-corrected chi connectivity index (χ3v) is 5.00. The van der Waals surface area contributed by atoms with Crippen molar-refractivity contribution in [3.8, 4) is 5.69 Å². The predicted octanol–water partition coefficient (Wildman–Crippen LogP) is 2.29. The van der Waals surface area contributed by atoms with Crippen LogP contribution in [0.3, 0.4) is 0 Å². The number of amides is 1. The number of carbonyl (C=O) groups excluding carboxylic acids is 1. The fourth-order valence-electron chi connectivity index (χ4n) is 3.62. The molecule has 27 heavy (non-hydrogen) atoms. The number of aliphatic hydroxyl groups is 1. The molecule has 0 spiro atoms. The summed E-state index contributed by atoms with van der Waals surface area (Å²) in [5.41, 5.74) is 1.77. The molecule has 138 valence electrons. The molecule has 4 rings (SSSR count). The summed E-state index contributed by atoms with van der Waals surface area (Å²) in [6.07, 6.45) is 1.09. The number of piperidine rings is 1. The van der Waals surface area contributed by atoms with Gasteiger partial charge in [0.15, 0.2) is 0 Å². The highest BCUT2D eigenvalue weighted by atomic mass is 16.3. The molecule has 0 bridgehead atoms. The summed E-state index contributed by atoms with van der Waals surface area (Å²) in [7, 11) is 0. The van der Waals surface area contributed by atoms with Crippen LogP contribution in [0.15, 0.2) is 53.3 Å². The molecule has 1 atom stereocenters. The Bertz CT molecular complexity index is 1060. The van der Waals surface area contributed by atoms with Gasteiger partial charge in [-0.2, -0.15) is 0 Å². The van der Waals surface area contributed by atoms with Crippen molar-refractivity contribution in [1.82, 2.24) is 14.5 Å². The number of benzene rings is 2. The smallest absolute Gasteiger partial charge is 0.265 e. The van der Waals surface area contributed by atoms with Gasteiger partial charge >= 0.3 is 0 Å². The first-order chi connectivity index (χ1) is 13.0. The monoisotopic (exact) mass is 363 g/mol. The summed E-state index contributed by atoms with van der Waals surface area (Å²) in [5, 5.41) is 10.3. The molecule has 1 saturated heterocycles. The van der Waals surface area contributed by atoms with Gasteiger partial charge in [0.1, 0.15) is 5.82 Å². The van der Waals surface area contributed by atoms with Gasteiger partial charge in [0.2, 0.25) is 0 Å². The molecule has 1 aliphatic rings. The van der Waals surface area contributed by atoms with Crippen LogP contribution in [0.4, 0.5) is 0 Å². The summed E-state index contributed by atoms with van der Waals surface area (Å²) in [6, 6.07) is 14.2. The molecule has 2 heterocycles. The number of para-hydroxylation sites is 1. The normalized spacial score (nSPS) is 17.3. The number of nitrogens with zero attached hydrogens (tertiary/aromatic N) is 3. The summed E-state index contributed by atoms with van der Waals surface area (Å²) < 4.78 is 1.56. The van der Waals surface area contributed by atoms with Gasteiger partial charge < -0.3 is 10.0 Å². The van der Waals surface area contributed by atoms with Gasteiger partial charge in [0, 0.05) is 18.7 Å². The van der Waals surface area contributed by atoms with Gasteiger partial charge in [0.25, 0.3) is 11.5 Å². The zero-order valence-electron chi connectivity index (χ0n) is 15.1. The van der Waals surface area contributed by atoms with E-state index in [4.69, 9.17) is 0 Å². The van der Waals surface area contributed by atoms with Crippen molar-refractivity contribution >= 4 is 16.8 Å². The first kappa shape index (κ1) is 17.4. The van der Waals surface area contributed by atoms with E-state index in [1.807, 2.05) is 18.2 Å². The van der Waals surface area contributed by atoms with Crippen LogP contribution in [0.25, 0.3) is 16.6 Å². The summed E-state index contributed by atoms with van der Waals surface area (Å²) >= 11 is 0. The van der Waals surface area contributed by atoms with E-state index in [1.165, 1.54) is 0 Å². The molecule has 3 aromatic rings. The lowest BCUT2D eigenvalue weighted by atomic mass is 10.1. The summed E-state index contributed by atoms with van der Waals surface area (Å²) in [4.78, 5) is 31.7. The number of β-amino-alcohol motifs (C(OH)–C–C–N with tert-alkyl or cyclic N) is 1. The number of hydrogen-bond acceptors (Lipinski definition) is 4. The molecule has 0 aliphatic carbocycles. The van der Waals surface area contributed by atoms with Crippen LogP contribution < -0.4 is 5.56 Å². The fraction of sp³-hybridized carbons (Fsp3) is 0.286. The predicted molar refractivity (Wildman–Crippen MR) is 103 cm³/mol. The van der Waals surface area contributed by atoms with Crippen LogP contribution in [0.2, 0.25) is 0 Å². The van der Waals surface area contributed by atoms with Gasteiger partial charge in [-0.25, -0.2) is 4.98 Å². The Morgan fingerprint density at radius 2 is 1.89 bits per heavy atom. The maximum Gasteiger partial charge on any atom is 0.265 e. The minimum absolute atomic E-state index is 0.0963. The van der Waals surface area contributed by atoms with Crippen LogP contribution in [-0.4, -0.2) is 44.7 Å². The van der Waals surface area contributed by atoms with E-state index in [1.54, 1.807) is 46.7 Å². The number of rotatable bonds is 2. The largest absolute Gasteiger partial charge is 0.391 e. The number of aryl methyl sites for hydroxylation is 1. The fourth-order valence-corrected chi connectivity index (χ4v) is 3.62. The topological polar surface area (TPSA) is 75.4 Å². The number of hydrogen-bond donors (Lipinski definition) is 1. The molecule has 6 nitrogen and oxygen atoms in total. The van der Waals surface area contributed by atoms with Gasteiger partial charge in [-0.15, -0.1) is 0 Å². The van der Waals surface area contributed by atoms with Crippen molar-refractivity contribution < 1.29 is 9.90 Å². The SMILES string of the molecule is Cc1nc2ccccc2c(=O)n1-c1ccc(C(=O)N2CCCC(O)C2)cc1. The van der Waals surface area contributed by atoms with Gasteiger partial charge in [0.05, 0.1) is 22.7 Å². The Labute approximate surface area is 156 Å². The van der Waals surface area contributed by atoms with Crippen LogP contribution in [0.1, 0.15) is 29.0 Å². The Morgan fingerprint density at radius 1 is 1.15 bits per heavy atom. The van der Waals surface area contributed by atoms with E-state index in [-0.39, 0.29) is 11.5 Å². The molecule has 1 unspecified atom stereocenters. The molecular formula is C21H21N3O3. The zero-order valence-corrected chi connectivity index (χ0v) is 15.1. The average Bonchev–Trinajstić information content (AvgIpc) is 2.68. The molecule has 0 saturated carbocycles. The van der Waals surface area contributed by atoms with Crippen LogP contribution in [0.5, 0.6) is 0 Å². The van der Waals surface area contributed by atoms with Crippen LogP contribution in [-0.2, 0) is 0 Å². The van der Waals surface area contributed by atoms with Crippen molar-refractivity contribution in [2.45, 2.75) is 25.9 Å². The van der Waals surface area contributed by atoms with E-state index in [0.717, 1.165) is 12.8 Å². The third-order valence-electron chi connectivity index (χ3n) is 5.00. The Morgan fingerprint density at radius 3 is 2.63 bits per heavy atom. The van der Waals surface area contributed by atoms with Crippen molar-refractivity contribution in [3.63, 3.8) is 0 Å². The van der Waals surface area contributed by atoms with Crippen molar-refractivity contribution in [2.75, 3.05) is 13.1 Å². The lowest BCUT2D eigenvalue weighted by molar-refractivity contribution is 0.0474. The molecule has 6 heteroatoms. The van der Waals surface area contributed by atoms with Gasteiger partial charge in [-0.05, 0) is 56.2 Å². The highest BCUT2D eigenvalue weighted by Crippen LogP contribution is 2.17. The number of fused-ring (bicyclic) bond motifs is 1. The van der Waals surface area contributed by atoms with E-state index < -0.39 is 6.10 Å². The highest BCUT2D eigenvalue weighted by molar-refractivity contribution is 5.94. The van der Waals surface area contributed by atoms with Crippen LogP contribution >= 0.6 is 0 Å². The standard InChI is InChI=1S/C21H21N3O3/c1-14-22-19-7-3-2-6-18(19)21(27)24(14)16-10-8-15(9-11-16)20(26)23-12-4-5-17(25)13-23/h2-3,6-11,17,25H,4-5,12-13H2,1H3. The van der Waals surface area contributed by atoms with E-state index >= 15 is 0 Å². The van der Waals surface area contributed by atoms with Crippen molar-refractivity contribution in [1.29, 1.82) is 0 Å². The van der Waals surface area contributed by atoms with Gasteiger partial charge in [-0.3, -0.25) is 14.2 Å². The first-order valence-electron chi connectivity index (χ1n) is 9.11. The molecular weight excluding hydrogens is 342 g/mol. The maximum absolute atomic E-state index is 12.9. The molecule has 1 fully saturated rings. The van der Waals surface area contributed by atoms with E-state index in [9.17, 15) is 14.7 Å². The number of aliphatic hydroxyl groups excluding tert-OH is 1. The molecule has 1 N–H and O–H groups in total. The second-order valence-corrected chi connectivity index (χ2v) is 6.91. The third kappa shape index (κ3) is 3.24. The highest BCUT2D eigenvalue weighted by Gasteiger charge is 2.23. The number of carbonyl (C=O) groups is 1.